The van der Waals surface area contributed by atoms with Crippen molar-refractivity contribution in [3.05, 3.63) is 0 Å². The molecule has 0 aromatic heterocycles. The average Bonchev–Trinajstić information content (AvgIpc) is 2.11. The fraction of sp³-hybridized carbons (Fsp3) is 1.00. The van der Waals surface area contributed by atoms with Crippen LogP contribution in [0.1, 0.15) is 34.6 Å². The van der Waals surface area contributed by atoms with E-state index in [0.717, 1.165) is 13.1 Å². The second kappa shape index (κ2) is 5.58. The second-order valence-corrected chi connectivity index (χ2v) is 6.91. The summed E-state index contributed by atoms with van der Waals surface area (Å²) < 4.78 is 40.0. The van der Waals surface area contributed by atoms with Gasteiger partial charge in [-0.1, -0.05) is 20.8 Å². The van der Waals surface area contributed by atoms with E-state index >= 15 is 0 Å². The molecule has 1 unspecified atom stereocenters. The zero-order valence-corrected chi connectivity index (χ0v) is 12.4. The van der Waals surface area contributed by atoms with Gasteiger partial charge in [-0.3, -0.25) is 9.64 Å². The molecule has 1 atom stereocenters. The van der Waals surface area contributed by atoms with E-state index in [9.17, 15) is 13.2 Å². The topological polar surface area (TPSA) is 24.5 Å². The molecular weight excluding hydrogens is 257 g/mol. The Bertz CT molecular complexity index is 297. The Hall–Kier alpha value is -0.330. The van der Waals surface area contributed by atoms with E-state index in [1.54, 1.807) is 0 Å². The van der Waals surface area contributed by atoms with Crippen molar-refractivity contribution in [2.45, 2.75) is 52.6 Å². The van der Waals surface area contributed by atoms with Crippen molar-refractivity contribution in [3.8, 4) is 0 Å². The van der Waals surface area contributed by atoms with Crippen LogP contribution in [-0.4, -0.2) is 49.1 Å². The summed E-state index contributed by atoms with van der Waals surface area (Å²) in [7, 11) is 0. The third-order valence-electron chi connectivity index (χ3n) is 3.46. The molecule has 1 aliphatic rings. The van der Waals surface area contributed by atoms with Gasteiger partial charge >= 0.3 is 6.36 Å². The molecule has 1 rings (SSSR count). The summed E-state index contributed by atoms with van der Waals surface area (Å²) in [5, 5.41) is 3.45. The molecule has 0 amide bonds. The van der Waals surface area contributed by atoms with Gasteiger partial charge in [0.25, 0.3) is 0 Å². The molecule has 0 saturated carbocycles. The standard InChI is InChI=1S/C13H25F3N2O/c1-11(2,3)10-8-17-12(4,5)9-18(10)6-7-19-13(14,15)16/h10,17H,6-9H2,1-5H3. The lowest BCUT2D eigenvalue weighted by Crippen LogP contribution is -2.65. The Kier molecular flexibility index (Phi) is 4.91. The zero-order chi connectivity index (χ0) is 14.9. The third kappa shape index (κ3) is 5.67. The Morgan fingerprint density at radius 3 is 2.32 bits per heavy atom. The van der Waals surface area contributed by atoms with Gasteiger partial charge in [0.1, 0.15) is 0 Å². The predicted octanol–water partition coefficient (Wildman–Crippen LogP) is 2.62. The number of nitrogens with zero attached hydrogens (tertiary/aromatic N) is 1. The normalized spacial score (nSPS) is 25.6. The third-order valence-corrected chi connectivity index (χ3v) is 3.46. The Labute approximate surface area is 113 Å². The second-order valence-electron chi connectivity index (χ2n) is 6.91. The van der Waals surface area contributed by atoms with Gasteiger partial charge in [-0.2, -0.15) is 0 Å². The minimum Gasteiger partial charge on any atom is -0.309 e. The van der Waals surface area contributed by atoms with Crippen LogP contribution in [0.4, 0.5) is 13.2 Å². The van der Waals surface area contributed by atoms with Crippen LogP contribution in [0, 0.1) is 5.41 Å². The van der Waals surface area contributed by atoms with E-state index < -0.39 is 6.36 Å². The number of alkyl halides is 3. The predicted molar refractivity (Wildman–Crippen MR) is 68.9 cm³/mol. The number of piperazine rings is 1. The molecule has 1 saturated heterocycles. The summed E-state index contributed by atoms with van der Waals surface area (Å²) in [6, 6.07) is 0.206. The quantitative estimate of drug-likeness (QED) is 0.861. The van der Waals surface area contributed by atoms with Gasteiger partial charge in [0.15, 0.2) is 0 Å². The van der Waals surface area contributed by atoms with Crippen LogP contribution in [0.2, 0.25) is 0 Å². The molecule has 0 bridgehead atoms. The van der Waals surface area contributed by atoms with Gasteiger partial charge in [0, 0.05) is 31.2 Å². The van der Waals surface area contributed by atoms with Crippen molar-refractivity contribution < 1.29 is 17.9 Å². The van der Waals surface area contributed by atoms with Crippen molar-refractivity contribution in [1.82, 2.24) is 10.2 Å². The largest absolute Gasteiger partial charge is 0.522 e. The number of rotatable bonds is 3. The van der Waals surface area contributed by atoms with Crippen LogP contribution in [0.3, 0.4) is 0 Å². The van der Waals surface area contributed by atoms with Crippen molar-refractivity contribution in [1.29, 1.82) is 0 Å². The molecule has 0 aromatic carbocycles. The monoisotopic (exact) mass is 282 g/mol. The highest BCUT2D eigenvalue weighted by Crippen LogP contribution is 2.28. The molecule has 1 heterocycles. The van der Waals surface area contributed by atoms with Gasteiger partial charge in [-0.05, 0) is 19.3 Å². The smallest absolute Gasteiger partial charge is 0.309 e. The Morgan fingerprint density at radius 2 is 1.84 bits per heavy atom. The van der Waals surface area contributed by atoms with Gasteiger partial charge in [-0.15, -0.1) is 13.2 Å². The molecule has 1 N–H and O–H groups in total. The Balaban J connectivity index is 2.62. The van der Waals surface area contributed by atoms with Gasteiger partial charge in [0.05, 0.1) is 6.61 Å². The maximum absolute atomic E-state index is 12.0. The van der Waals surface area contributed by atoms with Gasteiger partial charge in [0.2, 0.25) is 0 Å². The van der Waals surface area contributed by atoms with Crippen molar-refractivity contribution in [2.75, 3.05) is 26.2 Å². The van der Waals surface area contributed by atoms with Crippen LogP contribution in [0.25, 0.3) is 0 Å². The SMILES string of the molecule is CC1(C)CN(CCOC(F)(F)F)C(C(C)(C)C)CN1. The highest BCUT2D eigenvalue weighted by molar-refractivity contribution is 4.96. The molecule has 1 fully saturated rings. The van der Waals surface area contributed by atoms with Crippen molar-refractivity contribution in [3.63, 3.8) is 0 Å². The first-order valence-electron chi connectivity index (χ1n) is 6.60. The average molecular weight is 282 g/mol. The molecule has 0 aromatic rings. The lowest BCUT2D eigenvalue weighted by Gasteiger charge is -2.49. The summed E-state index contributed by atoms with van der Waals surface area (Å²) in [6.07, 6.45) is -4.54. The summed E-state index contributed by atoms with van der Waals surface area (Å²) >= 11 is 0. The van der Waals surface area contributed by atoms with E-state index in [1.165, 1.54) is 0 Å². The number of ether oxygens (including phenoxy) is 1. The first kappa shape index (κ1) is 16.7. The highest BCUT2D eigenvalue weighted by Gasteiger charge is 2.38. The molecule has 1 aliphatic heterocycles. The summed E-state index contributed by atoms with van der Waals surface area (Å²) in [6.45, 7) is 11.9. The minimum atomic E-state index is -4.54. The minimum absolute atomic E-state index is 0.0156. The van der Waals surface area contributed by atoms with E-state index in [-0.39, 0.29) is 23.6 Å². The first-order valence-corrected chi connectivity index (χ1v) is 6.60. The molecule has 19 heavy (non-hydrogen) atoms. The number of halogens is 3. The number of hydrogen-bond donors (Lipinski definition) is 1. The van der Waals surface area contributed by atoms with Crippen LogP contribution >= 0.6 is 0 Å². The lowest BCUT2D eigenvalue weighted by molar-refractivity contribution is -0.325. The zero-order valence-electron chi connectivity index (χ0n) is 12.4. The fourth-order valence-corrected chi connectivity index (χ4v) is 2.54. The van der Waals surface area contributed by atoms with Crippen molar-refractivity contribution >= 4 is 0 Å². The number of hydrogen-bond acceptors (Lipinski definition) is 3. The van der Waals surface area contributed by atoms with Crippen LogP contribution in [0.5, 0.6) is 0 Å². The van der Waals surface area contributed by atoms with E-state index in [1.807, 2.05) is 0 Å². The summed E-state index contributed by atoms with van der Waals surface area (Å²) in [4.78, 5) is 2.10. The molecule has 0 spiro atoms. The van der Waals surface area contributed by atoms with E-state index in [4.69, 9.17) is 0 Å². The van der Waals surface area contributed by atoms with Crippen LogP contribution < -0.4 is 5.32 Å². The van der Waals surface area contributed by atoms with Crippen LogP contribution in [0.15, 0.2) is 0 Å². The van der Waals surface area contributed by atoms with E-state index in [0.29, 0.717) is 6.54 Å². The first-order chi connectivity index (χ1) is 8.41. The summed E-state index contributed by atoms with van der Waals surface area (Å²) in [5.41, 5.74) is -0.0677. The molecule has 3 nitrogen and oxygen atoms in total. The lowest BCUT2D eigenvalue weighted by atomic mass is 9.82. The highest BCUT2D eigenvalue weighted by atomic mass is 19.4. The molecular formula is C13H25F3N2O. The molecule has 6 heteroatoms. The van der Waals surface area contributed by atoms with Gasteiger partial charge < -0.3 is 5.32 Å². The Morgan fingerprint density at radius 1 is 1.26 bits per heavy atom. The fourth-order valence-electron chi connectivity index (χ4n) is 2.54. The van der Waals surface area contributed by atoms with Crippen molar-refractivity contribution in [2.24, 2.45) is 5.41 Å². The molecule has 114 valence electrons. The van der Waals surface area contributed by atoms with Gasteiger partial charge in [-0.25, -0.2) is 0 Å². The maximum Gasteiger partial charge on any atom is 0.522 e. The molecule has 0 radical (unpaired) electrons. The van der Waals surface area contributed by atoms with Crippen LogP contribution in [-0.2, 0) is 4.74 Å². The number of nitrogens with one attached hydrogen (secondary N) is 1. The summed E-state index contributed by atoms with van der Waals surface area (Å²) in [5.74, 6) is 0. The molecule has 0 aliphatic carbocycles. The van der Waals surface area contributed by atoms with E-state index in [2.05, 4.69) is 49.6 Å². The maximum atomic E-state index is 12.0.